The number of benzene rings is 1. The number of nitrogens with two attached hydrogens (primary N) is 1. The van der Waals surface area contributed by atoms with Gasteiger partial charge in [-0.2, -0.15) is 20.1 Å². The molecule has 0 saturated heterocycles. The van der Waals surface area contributed by atoms with Crippen LogP contribution in [-0.4, -0.2) is 43.3 Å². The van der Waals surface area contributed by atoms with Gasteiger partial charge in [0.1, 0.15) is 11.4 Å². The minimum absolute atomic E-state index is 0.0210. The monoisotopic (exact) mass is 311 g/mol. The molecule has 0 aliphatic carbocycles. The highest BCUT2D eigenvalue weighted by molar-refractivity contribution is 5.86. The topological polar surface area (TPSA) is 134 Å². The Morgan fingerprint density at radius 1 is 1.22 bits per heavy atom. The van der Waals surface area contributed by atoms with E-state index in [4.69, 9.17) is 10.8 Å². The Balaban J connectivity index is 2.00. The number of rotatable bonds is 4. The number of anilines is 3. The third kappa shape index (κ3) is 2.93. The van der Waals surface area contributed by atoms with Gasteiger partial charge in [-0.25, -0.2) is 4.79 Å². The summed E-state index contributed by atoms with van der Waals surface area (Å²) in [5, 5.41) is 15.2. The first kappa shape index (κ1) is 14.4. The second kappa shape index (κ2) is 5.72. The van der Waals surface area contributed by atoms with Crippen LogP contribution in [-0.2, 0) is 0 Å². The summed E-state index contributed by atoms with van der Waals surface area (Å²) in [7, 11) is 1.79. The van der Waals surface area contributed by atoms with Crippen molar-refractivity contribution in [3.8, 4) is 11.5 Å². The van der Waals surface area contributed by atoms with Crippen molar-refractivity contribution in [2.45, 2.75) is 0 Å². The van der Waals surface area contributed by atoms with E-state index in [1.165, 1.54) is 6.07 Å². The molecule has 2 aromatic heterocycles. The standard InChI is InChI=1S/C14H13N7O2/c1-21(8-5-3-2-4-6-8)14-17-11(16-13(15)18-14)9-7-10(12(22)23)20-19-9/h2-7H,1H3,(H,19,20)(H,22,23)(H2,15,16,17,18). The third-order valence-corrected chi connectivity index (χ3v) is 3.12. The summed E-state index contributed by atoms with van der Waals surface area (Å²) < 4.78 is 0. The Bertz CT molecular complexity index is 847. The fourth-order valence-electron chi connectivity index (χ4n) is 1.96. The second-order valence-corrected chi connectivity index (χ2v) is 4.68. The van der Waals surface area contributed by atoms with Crippen LogP contribution in [0.2, 0.25) is 0 Å². The molecule has 23 heavy (non-hydrogen) atoms. The van der Waals surface area contributed by atoms with E-state index in [1.807, 2.05) is 30.3 Å². The zero-order valence-electron chi connectivity index (χ0n) is 12.1. The average Bonchev–Trinajstić information content (AvgIpc) is 3.05. The third-order valence-electron chi connectivity index (χ3n) is 3.12. The molecule has 9 nitrogen and oxygen atoms in total. The molecule has 3 aromatic rings. The van der Waals surface area contributed by atoms with Crippen molar-refractivity contribution in [3.05, 3.63) is 42.1 Å². The van der Waals surface area contributed by atoms with Gasteiger partial charge >= 0.3 is 5.97 Å². The number of para-hydroxylation sites is 1. The second-order valence-electron chi connectivity index (χ2n) is 4.68. The maximum absolute atomic E-state index is 10.9. The van der Waals surface area contributed by atoms with Gasteiger partial charge in [0.05, 0.1) is 0 Å². The molecule has 0 spiro atoms. The quantitative estimate of drug-likeness (QED) is 0.656. The number of aromatic amines is 1. The van der Waals surface area contributed by atoms with Crippen molar-refractivity contribution >= 4 is 23.6 Å². The number of aromatic carboxylic acids is 1. The van der Waals surface area contributed by atoms with Gasteiger partial charge in [-0.15, -0.1) is 0 Å². The van der Waals surface area contributed by atoms with E-state index in [1.54, 1.807) is 11.9 Å². The molecule has 0 atom stereocenters. The van der Waals surface area contributed by atoms with Gasteiger partial charge in [0, 0.05) is 18.8 Å². The summed E-state index contributed by atoms with van der Waals surface area (Å²) in [6.07, 6.45) is 0. The summed E-state index contributed by atoms with van der Waals surface area (Å²) in [5.41, 5.74) is 6.83. The van der Waals surface area contributed by atoms with Gasteiger partial charge in [0.25, 0.3) is 0 Å². The Morgan fingerprint density at radius 3 is 2.61 bits per heavy atom. The number of nitrogens with one attached hydrogen (secondary N) is 1. The molecule has 0 bridgehead atoms. The molecular weight excluding hydrogens is 298 g/mol. The summed E-state index contributed by atoms with van der Waals surface area (Å²) >= 11 is 0. The summed E-state index contributed by atoms with van der Waals surface area (Å²) in [5.74, 6) is -0.572. The van der Waals surface area contributed by atoms with Crippen LogP contribution in [0.5, 0.6) is 0 Å². The average molecular weight is 311 g/mol. The normalized spacial score (nSPS) is 10.5. The van der Waals surface area contributed by atoms with E-state index in [0.717, 1.165) is 5.69 Å². The van der Waals surface area contributed by atoms with Crippen molar-refractivity contribution in [1.29, 1.82) is 0 Å². The lowest BCUT2D eigenvalue weighted by molar-refractivity contribution is 0.0690. The van der Waals surface area contributed by atoms with Gasteiger partial charge in [-0.05, 0) is 12.1 Å². The number of carbonyl (C=O) groups is 1. The number of hydrogen-bond acceptors (Lipinski definition) is 7. The number of hydrogen-bond donors (Lipinski definition) is 3. The number of carboxylic acid groups (broad SMARTS) is 1. The lowest BCUT2D eigenvalue weighted by Gasteiger charge is -2.17. The minimum Gasteiger partial charge on any atom is -0.477 e. The Morgan fingerprint density at radius 2 is 1.96 bits per heavy atom. The fourth-order valence-corrected chi connectivity index (χ4v) is 1.96. The summed E-state index contributed by atoms with van der Waals surface area (Å²) in [4.78, 5) is 25.1. The number of nitrogen functional groups attached to an aromatic ring is 1. The first-order chi connectivity index (χ1) is 11.0. The minimum atomic E-state index is -1.12. The Labute approximate surface area is 130 Å². The fraction of sp³-hybridized carbons (Fsp3) is 0.0714. The van der Waals surface area contributed by atoms with Crippen molar-refractivity contribution in [1.82, 2.24) is 25.1 Å². The number of nitrogens with zero attached hydrogens (tertiary/aromatic N) is 5. The van der Waals surface area contributed by atoms with Crippen LogP contribution in [0.1, 0.15) is 10.5 Å². The van der Waals surface area contributed by atoms with Gasteiger partial charge in [-0.1, -0.05) is 18.2 Å². The molecule has 0 fully saturated rings. The Hall–Kier alpha value is -3.49. The van der Waals surface area contributed by atoms with E-state index in [9.17, 15) is 4.79 Å². The molecule has 1 aromatic carbocycles. The van der Waals surface area contributed by atoms with Crippen LogP contribution in [0.4, 0.5) is 17.6 Å². The van der Waals surface area contributed by atoms with E-state index in [2.05, 4.69) is 25.1 Å². The highest BCUT2D eigenvalue weighted by atomic mass is 16.4. The molecule has 0 unspecified atom stereocenters. The predicted octanol–water partition coefficient (Wildman–Crippen LogP) is 1.31. The van der Waals surface area contributed by atoms with Crippen molar-refractivity contribution in [2.75, 3.05) is 17.7 Å². The maximum atomic E-state index is 10.9. The first-order valence-corrected chi connectivity index (χ1v) is 6.64. The predicted molar refractivity (Wildman–Crippen MR) is 83.3 cm³/mol. The summed E-state index contributed by atoms with van der Waals surface area (Å²) in [6.45, 7) is 0. The highest BCUT2D eigenvalue weighted by Crippen LogP contribution is 2.22. The Kier molecular flexibility index (Phi) is 3.59. The van der Waals surface area contributed by atoms with E-state index >= 15 is 0 Å². The molecular formula is C14H13N7O2. The molecule has 116 valence electrons. The number of aromatic nitrogens is 5. The molecule has 0 saturated carbocycles. The van der Waals surface area contributed by atoms with E-state index < -0.39 is 5.97 Å². The smallest absolute Gasteiger partial charge is 0.353 e. The largest absolute Gasteiger partial charge is 0.477 e. The molecule has 3 rings (SSSR count). The lowest BCUT2D eigenvalue weighted by atomic mass is 10.3. The van der Waals surface area contributed by atoms with Crippen molar-refractivity contribution < 1.29 is 9.90 Å². The van der Waals surface area contributed by atoms with Crippen LogP contribution in [0.15, 0.2) is 36.4 Å². The van der Waals surface area contributed by atoms with Gasteiger partial charge in [0.2, 0.25) is 11.9 Å². The lowest BCUT2D eigenvalue weighted by Crippen LogP contribution is -2.15. The highest BCUT2D eigenvalue weighted by Gasteiger charge is 2.15. The van der Waals surface area contributed by atoms with Crippen LogP contribution < -0.4 is 10.6 Å². The zero-order chi connectivity index (χ0) is 16.4. The number of carboxylic acids is 1. The van der Waals surface area contributed by atoms with Gasteiger partial charge < -0.3 is 15.7 Å². The molecule has 0 aliphatic rings. The van der Waals surface area contributed by atoms with Crippen LogP contribution >= 0.6 is 0 Å². The van der Waals surface area contributed by atoms with Crippen LogP contribution in [0.25, 0.3) is 11.5 Å². The SMILES string of the molecule is CN(c1ccccc1)c1nc(N)nc(-c2cc(C(=O)O)[nH]n2)n1. The molecule has 4 N–H and O–H groups in total. The van der Waals surface area contributed by atoms with Gasteiger partial charge in [0.15, 0.2) is 5.82 Å². The first-order valence-electron chi connectivity index (χ1n) is 6.64. The summed E-state index contributed by atoms with van der Waals surface area (Å²) in [6, 6.07) is 10.8. The number of H-pyrrole nitrogens is 1. The molecule has 0 amide bonds. The molecule has 0 radical (unpaired) electrons. The zero-order valence-corrected chi connectivity index (χ0v) is 12.1. The van der Waals surface area contributed by atoms with Gasteiger partial charge in [-0.3, -0.25) is 5.10 Å². The molecule has 9 heteroatoms. The molecule has 2 heterocycles. The van der Waals surface area contributed by atoms with Crippen LogP contribution in [0.3, 0.4) is 0 Å². The molecule has 0 aliphatic heterocycles. The van der Waals surface area contributed by atoms with Crippen molar-refractivity contribution in [2.24, 2.45) is 0 Å². The van der Waals surface area contributed by atoms with E-state index in [-0.39, 0.29) is 23.2 Å². The van der Waals surface area contributed by atoms with E-state index in [0.29, 0.717) is 5.95 Å². The van der Waals surface area contributed by atoms with Crippen molar-refractivity contribution in [3.63, 3.8) is 0 Å². The maximum Gasteiger partial charge on any atom is 0.353 e. The van der Waals surface area contributed by atoms with Crippen LogP contribution in [0, 0.1) is 0 Å².